The number of hydrogen-bond acceptors (Lipinski definition) is 6. The monoisotopic (exact) mass is 352 g/mol. The van der Waals surface area contributed by atoms with Gasteiger partial charge in [-0.25, -0.2) is 18.4 Å². The third-order valence-electron chi connectivity index (χ3n) is 4.80. The Hall–Kier alpha value is -1.25. The Bertz CT molecular complexity index is 816. The first-order valence-electron chi connectivity index (χ1n) is 7.97. The van der Waals surface area contributed by atoms with Gasteiger partial charge in [-0.2, -0.15) is 4.31 Å². The molecule has 1 saturated heterocycles. The van der Waals surface area contributed by atoms with Gasteiger partial charge in [0.1, 0.15) is 17.0 Å². The van der Waals surface area contributed by atoms with E-state index in [1.165, 1.54) is 0 Å². The van der Waals surface area contributed by atoms with Gasteiger partial charge in [0.25, 0.3) is 0 Å². The summed E-state index contributed by atoms with van der Waals surface area (Å²) in [5, 5.41) is 2.94. The summed E-state index contributed by atoms with van der Waals surface area (Å²) in [5.41, 5.74) is 0. The molecule has 1 aliphatic carbocycles. The molecule has 0 amide bonds. The Balaban J connectivity index is 1.58. The van der Waals surface area contributed by atoms with Crippen molar-refractivity contribution in [1.29, 1.82) is 0 Å². The van der Waals surface area contributed by atoms with Crippen molar-refractivity contribution in [3.05, 3.63) is 17.8 Å². The van der Waals surface area contributed by atoms with Crippen molar-refractivity contribution in [2.75, 3.05) is 25.0 Å². The molecule has 0 bridgehead atoms. The Labute approximate surface area is 140 Å². The van der Waals surface area contributed by atoms with Crippen LogP contribution in [-0.2, 0) is 10.0 Å². The molecule has 1 saturated carbocycles. The van der Waals surface area contributed by atoms with Gasteiger partial charge >= 0.3 is 0 Å². The molecule has 1 unspecified atom stereocenters. The van der Waals surface area contributed by atoms with E-state index in [1.54, 1.807) is 29.0 Å². The molecule has 0 spiro atoms. The molecule has 124 valence electrons. The van der Waals surface area contributed by atoms with Crippen LogP contribution in [0.25, 0.3) is 10.2 Å². The quantitative estimate of drug-likeness (QED) is 0.843. The SMILES string of the molecule is CN(C1CCCN(c2ncnc3sccc23)C1)S(=O)(=O)C1CC1. The van der Waals surface area contributed by atoms with Crippen LogP contribution in [0.15, 0.2) is 17.8 Å². The zero-order chi connectivity index (χ0) is 16.0. The molecule has 2 fully saturated rings. The normalized spacial score (nSPS) is 22.9. The largest absolute Gasteiger partial charge is 0.354 e. The second kappa shape index (κ2) is 5.68. The summed E-state index contributed by atoms with van der Waals surface area (Å²) in [7, 11) is -1.39. The number of piperidine rings is 1. The topological polar surface area (TPSA) is 66.4 Å². The minimum atomic E-state index is -3.13. The predicted molar refractivity (Wildman–Crippen MR) is 92.4 cm³/mol. The van der Waals surface area contributed by atoms with Crippen LogP contribution < -0.4 is 4.90 Å². The van der Waals surface area contributed by atoms with Gasteiger partial charge in [0.15, 0.2) is 0 Å². The Morgan fingerprint density at radius 1 is 1.30 bits per heavy atom. The summed E-state index contributed by atoms with van der Waals surface area (Å²) in [6, 6.07) is 2.07. The Morgan fingerprint density at radius 2 is 2.13 bits per heavy atom. The van der Waals surface area contributed by atoms with Crippen LogP contribution in [0.2, 0.25) is 0 Å². The molecule has 2 aliphatic rings. The maximum atomic E-state index is 12.5. The van der Waals surface area contributed by atoms with E-state index in [0.29, 0.717) is 6.54 Å². The third-order valence-corrected chi connectivity index (χ3v) is 8.03. The molecule has 6 nitrogen and oxygen atoms in total. The number of sulfonamides is 1. The minimum Gasteiger partial charge on any atom is -0.354 e. The second-order valence-electron chi connectivity index (χ2n) is 6.34. The van der Waals surface area contributed by atoms with E-state index in [1.807, 2.05) is 11.4 Å². The zero-order valence-corrected chi connectivity index (χ0v) is 14.7. The fourth-order valence-electron chi connectivity index (χ4n) is 3.28. The molecule has 0 N–H and O–H groups in total. The molecule has 23 heavy (non-hydrogen) atoms. The van der Waals surface area contributed by atoms with Crippen LogP contribution in [0.3, 0.4) is 0 Å². The predicted octanol–water partition coefficient (Wildman–Crippen LogP) is 2.08. The smallest absolute Gasteiger partial charge is 0.217 e. The van der Waals surface area contributed by atoms with Crippen molar-refractivity contribution in [3.8, 4) is 0 Å². The Morgan fingerprint density at radius 3 is 2.91 bits per heavy atom. The van der Waals surface area contributed by atoms with Crippen LogP contribution in [0.1, 0.15) is 25.7 Å². The van der Waals surface area contributed by atoms with Gasteiger partial charge in [0, 0.05) is 26.2 Å². The van der Waals surface area contributed by atoms with Crippen molar-refractivity contribution in [1.82, 2.24) is 14.3 Å². The minimum absolute atomic E-state index is 0.0259. The van der Waals surface area contributed by atoms with E-state index >= 15 is 0 Å². The molecular weight excluding hydrogens is 332 g/mol. The number of hydrogen-bond donors (Lipinski definition) is 0. The second-order valence-corrected chi connectivity index (χ2v) is 9.51. The van der Waals surface area contributed by atoms with Crippen molar-refractivity contribution in [2.45, 2.75) is 37.0 Å². The van der Waals surface area contributed by atoms with Gasteiger partial charge < -0.3 is 4.90 Å². The van der Waals surface area contributed by atoms with Crippen LogP contribution >= 0.6 is 11.3 Å². The first-order valence-corrected chi connectivity index (χ1v) is 10.4. The summed E-state index contributed by atoms with van der Waals surface area (Å²) >= 11 is 1.60. The molecule has 3 heterocycles. The van der Waals surface area contributed by atoms with Crippen LogP contribution in [0, 0.1) is 0 Å². The van der Waals surface area contributed by atoms with Crippen molar-refractivity contribution in [2.24, 2.45) is 0 Å². The van der Waals surface area contributed by atoms with E-state index in [9.17, 15) is 8.42 Å². The van der Waals surface area contributed by atoms with Gasteiger partial charge in [0.05, 0.1) is 10.6 Å². The van der Waals surface area contributed by atoms with E-state index < -0.39 is 10.0 Å². The number of rotatable bonds is 4. The van der Waals surface area contributed by atoms with E-state index in [2.05, 4.69) is 14.9 Å². The lowest BCUT2D eigenvalue weighted by molar-refractivity contribution is 0.319. The third kappa shape index (κ3) is 2.72. The number of anilines is 1. The number of thiophene rings is 1. The number of nitrogens with zero attached hydrogens (tertiary/aromatic N) is 4. The fourth-order valence-corrected chi connectivity index (χ4v) is 5.80. The lowest BCUT2D eigenvalue weighted by atomic mass is 10.1. The molecule has 0 aromatic carbocycles. The van der Waals surface area contributed by atoms with Crippen LogP contribution in [0.5, 0.6) is 0 Å². The molecule has 1 atom stereocenters. The highest BCUT2D eigenvalue weighted by Gasteiger charge is 2.41. The molecule has 8 heteroatoms. The molecular formula is C15H20N4O2S2. The average molecular weight is 352 g/mol. The molecule has 2 aromatic heterocycles. The molecule has 2 aromatic rings. The Kier molecular flexibility index (Phi) is 3.78. The lowest BCUT2D eigenvalue weighted by Gasteiger charge is -2.37. The zero-order valence-electron chi connectivity index (χ0n) is 13.1. The molecule has 4 rings (SSSR count). The summed E-state index contributed by atoms with van der Waals surface area (Å²) < 4.78 is 26.6. The average Bonchev–Trinajstić information content (AvgIpc) is 3.32. The summed E-state index contributed by atoms with van der Waals surface area (Å²) in [4.78, 5) is 12.0. The van der Waals surface area contributed by atoms with Crippen molar-refractivity contribution < 1.29 is 8.42 Å². The van der Waals surface area contributed by atoms with Gasteiger partial charge in [0.2, 0.25) is 10.0 Å². The van der Waals surface area contributed by atoms with E-state index in [4.69, 9.17) is 0 Å². The highest BCUT2D eigenvalue weighted by atomic mass is 32.2. The first-order chi connectivity index (χ1) is 11.1. The maximum absolute atomic E-state index is 12.5. The van der Waals surface area contributed by atoms with Gasteiger partial charge in [-0.3, -0.25) is 0 Å². The summed E-state index contributed by atoms with van der Waals surface area (Å²) in [6.45, 7) is 1.61. The standard InChI is InChI=1S/C15H20N4O2S2/c1-18(23(20,21)12-4-5-12)11-3-2-7-19(9-11)14-13-6-8-22-15(13)17-10-16-14/h6,8,10-12H,2-5,7,9H2,1H3. The summed E-state index contributed by atoms with van der Waals surface area (Å²) in [6.07, 6.45) is 5.11. The van der Waals surface area contributed by atoms with Crippen molar-refractivity contribution >= 4 is 37.4 Å². The number of aromatic nitrogens is 2. The van der Waals surface area contributed by atoms with Crippen molar-refractivity contribution in [3.63, 3.8) is 0 Å². The molecule has 1 aliphatic heterocycles. The van der Waals surface area contributed by atoms with Gasteiger partial charge in [-0.15, -0.1) is 11.3 Å². The van der Waals surface area contributed by atoms with E-state index in [-0.39, 0.29) is 11.3 Å². The molecule has 0 radical (unpaired) electrons. The number of likely N-dealkylation sites (N-methyl/N-ethyl adjacent to an activating group) is 1. The maximum Gasteiger partial charge on any atom is 0.217 e. The highest BCUT2D eigenvalue weighted by molar-refractivity contribution is 7.90. The summed E-state index contributed by atoms with van der Waals surface area (Å²) in [5.74, 6) is 0.929. The lowest BCUT2D eigenvalue weighted by Crippen LogP contribution is -2.49. The van der Waals surface area contributed by atoms with E-state index in [0.717, 1.165) is 48.3 Å². The van der Waals surface area contributed by atoms with Gasteiger partial charge in [-0.05, 0) is 37.1 Å². The highest BCUT2D eigenvalue weighted by Crippen LogP contribution is 2.34. The van der Waals surface area contributed by atoms with Gasteiger partial charge in [-0.1, -0.05) is 0 Å². The number of fused-ring (bicyclic) bond motifs is 1. The van der Waals surface area contributed by atoms with Crippen LogP contribution in [-0.4, -0.2) is 54.1 Å². The first kappa shape index (κ1) is 15.3. The van der Waals surface area contributed by atoms with Crippen LogP contribution in [0.4, 0.5) is 5.82 Å². The fraction of sp³-hybridized carbons (Fsp3) is 0.600.